The number of nitrogens with one attached hydrogen (secondary N) is 1. The summed E-state index contributed by atoms with van der Waals surface area (Å²) in [5.41, 5.74) is 0.352. The average Bonchev–Trinajstić information content (AvgIpc) is 2.39. The first-order valence-corrected chi connectivity index (χ1v) is 8.18. The van der Waals surface area contributed by atoms with Crippen LogP contribution in [-0.4, -0.2) is 42.9 Å². The zero-order chi connectivity index (χ0) is 13.7. The van der Waals surface area contributed by atoms with Crippen molar-refractivity contribution in [1.29, 1.82) is 0 Å². The van der Waals surface area contributed by atoms with Crippen LogP contribution in [0.3, 0.4) is 0 Å². The van der Waals surface area contributed by atoms with E-state index < -0.39 is 0 Å². The van der Waals surface area contributed by atoms with Gasteiger partial charge in [0, 0.05) is 42.9 Å². The summed E-state index contributed by atoms with van der Waals surface area (Å²) in [4.78, 5) is 4.04. The lowest BCUT2D eigenvalue weighted by molar-refractivity contribution is 0.0817. The maximum atomic E-state index is 3.53. The van der Waals surface area contributed by atoms with Crippen molar-refractivity contribution in [2.45, 2.75) is 31.7 Å². The Balaban J connectivity index is 1.83. The molecule has 0 radical (unpaired) electrons. The van der Waals surface area contributed by atoms with Gasteiger partial charge in [-0.3, -0.25) is 4.90 Å². The number of rotatable bonds is 4. The largest absolute Gasteiger partial charge is 0.314 e. The standard InChI is InChI=1S/C16H26N2S/c1-16(2,3)15-13-17-9-10-18(15)11-12-19-14-7-5-4-6-8-14/h4-8,15,17H,9-13H2,1-3H3. The lowest BCUT2D eigenvalue weighted by Gasteiger charge is -2.43. The van der Waals surface area contributed by atoms with Crippen molar-refractivity contribution in [3.63, 3.8) is 0 Å². The Hall–Kier alpha value is -0.510. The monoisotopic (exact) mass is 278 g/mol. The predicted molar refractivity (Wildman–Crippen MR) is 84.9 cm³/mol. The van der Waals surface area contributed by atoms with Gasteiger partial charge in [-0.25, -0.2) is 0 Å². The highest BCUT2D eigenvalue weighted by atomic mass is 32.2. The molecule has 1 aromatic carbocycles. The minimum atomic E-state index is 0.352. The van der Waals surface area contributed by atoms with Crippen LogP contribution in [0.15, 0.2) is 35.2 Å². The van der Waals surface area contributed by atoms with Gasteiger partial charge >= 0.3 is 0 Å². The molecule has 0 aromatic heterocycles. The average molecular weight is 278 g/mol. The number of hydrogen-bond donors (Lipinski definition) is 1. The Labute approximate surface area is 122 Å². The summed E-state index contributed by atoms with van der Waals surface area (Å²) >= 11 is 1.96. The molecule has 2 rings (SSSR count). The van der Waals surface area contributed by atoms with E-state index in [-0.39, 0.29) is 0 Å². The first-order valence-electron chi connectivity index (χ1n) is 7.20. The molecule has 0 aliphatic carbocycles. The maximum Gasteiger partial charge on any atom is 0.0269 e. The summed E-state index contributed by atoms with van der Waals surface area (Å²) in [6, 6.07) is 11.4. The molecular formula is C16H26N2S. The van der Waals surface area contributed by atoms with Crippen molar-refractivity contribution in [2.75, 3.05) is 31.9 Å². The first-order chi connectivity index (χ1) is 9.07. The van der Waals surface area contributed by atoms with E-state index in [0.29, 0.717) is 11.5 Å². The van der Waals surface area contributed by atoms with E-state index in [2.05, 4.69) is 61.3 Å². The normalized spacial score (nSPS) is 21.5. The molecule has 19 heavy (non-hydrogen) atoms. The van der Waals surface area contributed by atoms with Crippen molar-refractivity contribution >= 4 is 11.8 Å². The van der Waals surface area contributed by atoms with Crippen molar-refractivity contribution in [2.24, 2.45) is 5.41 Å². The second-order valence-electron chi connectivity index (χ2n) is 6.28. The Morgan fingerprint density at radius 3 is 2.68 bits per heavy atom. The van der Waals surface area contributed by atoms with Gasteiger partial charge in [0.25, 0.3) is 0 Å². The number of piperazine rings is 1. The third-order valence-electron chi connectivity index (χ3n) is 3.74. The van der Waals surface area contributed by atoms with Gasteiger partial charge in [0.1, 0.15) is 0 Å². The molecule has 1 fully saturated rings. The van der Waals surface area contributed by atoms with Gasteiger partial charge in [0.05, 0.1) is 0 Å². The van der Waals surface area contributed by atoms with Gasteiger partial charge in [-0.1, -0.05) is 39.0 Å². The molecule has 0 saturated carbocycles. The smallest absolute Gasteiger partial charge is 0.0269 e. The molecule has 3 heteroatoms. The highest BCUT2D eigenvalue weighted by Crippen LogP contribution is 2.26. The van der Waals surface area contributed by atoms with E-state index in [1.54, 1.807) is 0 Å². The fourth-order valence-electron chi connectivity index (χ4n) is 2.67. The summed E-state index contributed by atoms with van der Waals surface area (Å²) in [6.07, 6.45) is 0. The van der Waals surface area contributed by atoms with E-state index in [9.17, 15) is 0 Å². The van der Waals surface area contributed by atoms with Crippen LogP contribution in [0, 0.1) is 5.41 Å². The summed E-state index contributed by atoms with van der Waals surface area (Å²) in [5, 5.41) is 3.53. The van der Waals surface area contributed by atoms with Gasteiger partial charge in [-0.15, -0.1) is 11.8 Å². The van der Waals surface area contributed by atoms with Crippen LogP contribution in [0.2, 0.25) is 0 Å². The second-order valence-corrected chi connectivity index (χ2v) is 7.45. The molecule has 1 N–H and O–H groups in total. The summed E-state index contributed by atoms with van der Waals surface area (Å²) in [7, 11) is 0. The molecule has 0 amide bonds. The molecule has 0 spiro atoms. The highest BCUT2D eigenvalue weighted by molar-refractivity contribution is 7.99. The van der Waals surface area contributed by atoms with Crippen LogP contribution in [0.1, 0.15) is 20.8 Å². The Morgan fingerprint density at radius 2 is 2.00 bits per heavy atom. The van der Waals surface area contributed by atoms with Gasteiger partial charge < -0.3 is 5.32 Å². The molecule has 1 aliphatic heterocycles. The zero-order valence-corrected chi connectivity index (χ0v) is 13.2. The number of benzene rings is 1. The number of hydrogen-bond acceptors (Lipinski definition) is 3. The number of nitrogens with zero attached hydrogens (tertiary/aromatic N) is 1. The van der Waals surface area contributed by atoms with Crippen molar-refractivity contribution in [1.82, 2.24) is 10.2 Å². The van der Waals surface area contributed by atoms with Crippen molar-refractivity contribution < 1.29 is 0 Å². The summed E-state index contributed by atoms with van der Waals surface area (Å²) in [5.74, 6) is 1.18. The molecule has 1 atom stereocenters. The lowest BCUT2D eigenvalue weighted by atomic mass is 9.84. The van der Waals surface area contributed by atoms with E-state index in [1.165, 1.54) is 23.7 Å². The van der Waals surface area contributed by atoms with Crippen molar-refractivity contribution in [3.05, 3.63) is 30.3 Å². The molecular weight excluding hydrogens is 252 g/mol. The Morgan fingerprint density at radius 1 is 1.26 bits per heavy atom. The summed E-state index contributed by atoms with van der Waals surface area (Å²) in [6.45, 7) is 11.7. The topological polar surface area (TPSA) is 15.3 Å². The third kappa shape index (κ3) is 4.51. The third-order valence-corrected chi connectivity index (χ3v) is 4.74. The van der Waals surface area contributed by atoms with Gasteiger partial charge in [-0.2, -0.15) is 0 Å². The molecule has 1 aromatic rings. The molecule has 0 bridgehead atoms. The van der Waals surface area contributed by atoms with Crippen LogP contribution in [0.4, 0.5) is 0 Å². The Bertz CT molecular complexity index is 372. The van der Waals surface area contributed by atoms with Gasteiger partial charge in [0.15, 0.2) is 0 Å². The SMILES string of the molecule is CC(C)(C)C1CNCCN1CCSc1ccccc1. The fourth-order valence-corrected chi connectivity index (χ4v) is 3.58. The maximum absolute atomic E-state index is 3.53. The van der Waals surface area contributed by atoms with Crippen LogP contribution in [-0.2, 0) is 0 Å². The van der Waals surface area contributed by atoms with Gasteiger partial charge in [-0.05, 0) is 17.5 Å². The first kappa shape index (κ1) is 14.9. The minimum absolute atomic E-state index is 0.352. The van der Waals surface area contributed by atoms with Crippen LogP contribution < -0.4 is 5.32 Å². The van der Waals surface area contributed by atoms with E-state index >= 15 is 0 Å². The highest BCUT2D eigenvalue weighted by Gasteiger charge is 2.31. The molecule has 1 unspecified atom stereocenters. The molecule has 106 valence electrons. The molecule has 1 heterocycles. The van der Waals surface area contributed by atoms with Crippen LogP contribution in [0.25, 0.3) is 0 Å². The van der Waals surface area contributed by atoms with Crippen LogP contribution in [0.5, 0.6) is 0 Å². The second kappa shape index (κ2) is 6.78. The van der Waals surface area contributed by atoms with Crippen molar-refractivity contribution in [3.8, 4) is 0 Å². The molecule has 1 aliphatic rings. The fraction of sp³-hybridized carbons (Fsp3) is 0.625. The number of thioether (sulfide) groups is 1. The predicted octanol–water partition coefficient (Wildman–Crippen LogP) is 3.10. The molecule has 1 saturated heterocycles. The van der Waals surface area contributed by atoms with E-state index in [4.69, 9.17) is 0 Å². The van der Waals surface area contributed by atoms with Crippen LogP contribution >= 0.6 is 11.8 Å². The minimum Gasteiger partial charge on any atom is -0.314 e. The molecule has 2 nitrogen and oxygen atoms in total. The summed E-state index contributed by atoms with van der Waals surface area (Å²) < 4.78 is 0. The van der Waals surface area contributed by atoms with Gasteiger partial charge in [0.2, 0.25) is 0 Å². The van der Waals surface area contributed by atoms with E-state index in [0.717, 1.165) is 13.1 Å². The quantitative estimate of drug-likeness (QED) is 0.852. The zero-order valence-electron chi connectivity index (χ0n) is 12.4. The van der Waals surface area contributed by atoms with E-state index in [1.807, 2.05) is 11.8 Å². The Kier molecular flexibility index (Phi) is 5.31. The lowest BCUT2D eigenvalue weighted by Crippen LogP contribution is -2.57.